The van der Waals surface area contributed by atoms with E-state index in [0.29, 0.717) is 5.82 Å². The first-order valence-corrected chi connectivity index (χ1v) is 6.26. The van der Waals surface area contributed by atoms with E-state index in [2.05, 4.69) is 26.2 Å². The Balaban J connectivity index is 2.28. The number of aryl methyl sites for hydroxylation is 1. The molecule has 0 aliphatic rings. The Morgan fingerprint density at radius 1 is 1.47 bits per heavy atom. The van der Waals surface area contributed by atoms with Gasteiger partial charge in [-0.25, -0.2) is 9.37 Å². The van der Waals surface area contributed by atoms with Crippen molar-refractivity contribution in [2.45, 2.75) is 6.92 Å². The smallest absolute Gasteiger partial charge is 0.259 e. The molecule has 4 nitrogen and oxygen atoms in total. The lowest BCUT2D eigenvalue weighted by atomic mass is 10.1. The molecule has 0 saturated heterocycles. The number of carbonyl (C=O) groups is 1. The fraction of sp³-hybridized carbons (Fsp3) is 0.0769. The van der Waals surface area contributed by atoms with Crippen molar-refractivity contribution in [3.8, 4) is 0 Å². The number of anilines is 2. The summed E-state index contributed by atoms with van der Waals surface area (Å²) < 4.78 is 14.1. The van der Waals surface area contributed by atoms with E-state index in [0.717, 1.165) is 10.0 Å². The molecule has 2 rings (SSSR count). The average molecular weight is 324 g/mol. The zero-order valence-electron chi connectivity index (χ0n) is 10.1. The maximum atomic E-state index is 13.3. The van der Waals surface area contributed by atoms with Crippen LogP contribution in [-0.2, 0) is 0 Å². The standard InChI is InChI=1S/C13H11BrFN3O/c1-7-5-8(14)6-17-12(7)18-13(19)9-3-2-4-10(15)11(9)16/h2-6H,16H2,1H3,(H,17,18,19). The number of pyridine rings is 1. The van der Waals surface area contributed by atoms with Crippen LogP contribution < -0.4 is 11.1 Å². The number of benzene rings is 1. The molecule has 0 saturated carbocycles. The van der Waals surface area contributed by atoms with Gasteiger partial charge in [0.05, 0.1) is 11.3 Å². The molecule has 0 aliphatic carbocycles. The van der Waals surface area contributed by atoms with E-state index in [9.17, 15) is 9.18 Å². The molecule has 1 aromatic carbocycles. The van der Waals surface area contributed by atoms with E-state index in [1.165, 1.54) is 18.2 Å². The SMILES string of the molecule is Cc1cc(Br)cnc1NC(=O)c1cccc(F)c1N. The van der Waals surface area contributed by atoms with E-state index < -0.39 is 11.7 Å². The van der Waals surface area contributed by atoms with Gasteiger partial charge >= 0.3 is 0 Å². The van der Waals surface area contributed by atoms with Gasteiger partial charge in [-0.1, -0.05) is 6.07 Å². The first-order chi connectivity index (χ1) is 8.99. The number of nitrogens with one attached hydrogen (secondary N) is 1. The highest BCUT2D eigenvalue weighted by Crippen LogP contribution is 2.20. The number of hydrogen-bond donors (Lipinski definition) is 2. The Hall–Kier alpha value is -1.95. The van der Waals surface area contributed by atoms with Gasteiger partial charge in [0.2, 0.25) is 0 Å². The fourth-order valence-electron chi connectivity index (χ4n) is 1.58. The van der Waals surface area contributed by atoms with E-state index in [-0.39, 0.29) is 11.3 Å². The highest BCUT2D eigenvalue weighted by atomic mass is 79.9. The van der Waals surface area contributed by atoms with Crippen LogP contribution >= 0.6 is 15.9 Å². The van der Waals surface area contributed by atoms with Gasteiger partial charge in [0.25, 0.3) is 5.91 Å². The summed E-state index contributed by atoms with van der Waals surface area (Å²) in [5.41, 5.74) is 6.24. The van der Waals surface area contributed by atoms with Gasteiger partial charge in [0, 0.05) is 10.7 Å². The molecule has 0 bridgehead atoms. The molecule has 3 N–H and O–H groups in total. The van der Waals surface area contributed by atoms with Gasteiger partial charge < -0.3 is 11.1 Å². The van der Waals surface area contributed by atoms with Crippen LogP contribution in [0.3, 0.4) is 0 Å². The molecule has 0 spiro atoms. The molecule has 0 aliphatic heterocycles. The number of hydrogen-bond acceptors (Lipinski definition) is 3. The number of nitrogens with zero attached hydrogens (tertiary/aromatic N) is 1. The van der Waals surface area contributed by atoms with Crippen molar-refractivity contribution < 1.29 is 9.18 Å². The van der Waals surface area contributed by atoms with Gasteiger partial charge in [0.1, 0.15) is 11.6 Å². The normalized spacial score (nSPS) is 10.3. The summed E-state index contributed by atoms with van der Waals surface area (Å²) in [4.78, 5) is 16.1. The molecule has 0 fully saturated rings. The van der Waals surface area contributed by atoms with Crippen molar-refractivity contribution in [2.75, 3.05) is 11.1 Å². The van der Waals surface area contributed by atoms with Crippen molar-refractivity contribution in [3.63, 3.8) is 0 Å². The van der Waals surface area contributed by atoms with E-state index >= 15 is 0 Å². The van der Waals surface area contributed by atoms with Gasteiger partial charge in [-0.15, -0.1) is 0 Å². The number of halogens is 2. The number of nitrogen functional groups attached to an aromatic ring is 1. The lowest BCUT2D eigenvalue weighted by molar-refractivity contribution is 0.102. The van der Waals surface area contributed by atoms with Crippen LogP contribution in [0.1, 0.15) is 15.9 Å². The lowest BCUT2D eigenvalue weighted by Gasteiger charge is -2.09. The molecular formula is C13H11BrFN3O. The molecule has 1 aromatic heterocycles. The molecule has 6 heteroatoms. The van der Waals surface area contributed by atoms with E-state index in [1.54, 1.807) is 6.20 Å². The van der Waals surface area contributed by atoms with Crippen LogP contribution in [0.15, 0.2) is 34.9 Å². The summed E-state index contributed by atoms with van der Waals surface area (Å²) in [6.07, 6.45) is 1.57. The van der Waals surface area contributed by atoms with Crippen LogP contribution in [0.2, 0.25) is 0 Å². The summed E-state index contributed by atoms with van der Waals surface area (Å²) >= 11 is 3.28. The van der Waals surface area contributed by atoms with E-state index in [4.69, 9.17) is 5.73 Å². The largest absolute Gasteiger partial charge is 0.396 e. The predicted octanol–water partition coefficient (Wildman–Crippen LogP) is 3.13. The Morgan fingerprint density at radius 3 is 2.89 bits per heavy atom. The molecular weight excluding hydrogens is 313 g/mol. The van der Waals surface area contributed by atoms with Crippen LogP contribution in [0.4, 0.5) is 15.9 Å². The number of amides is 1. The van der Waals surface area contributed by atoms with Gasteiger partial charge in [-0.3, -0.25) is 4.79 Å². The minimum Gasteiger partial charge on any atom is -0.396 e. The van der Waals surface area contributed by atoms with E-state index in [1.807, 2.05) is 13.0 Å². The quantitative estimate of drug-likeness (QED) is 0.834. The molecule has 1 amide bonds. The first-order valence-electron chi connectivity index (χ1n) is 5.46. The summed E-state index contributed by atoms with van der Waals surface area (Å²) in [6, 6.07) is 5.91. The van der Waals surface area contributed by atoms with Gasteiger partial charge in [-0.05, 0) is 46.6 Å². The molecule has 98 valence electrons. The van der Waals surface area contributed by atoms with Crippen molar-refractivity contribution in [3.05, 3.63) is 51.9 Å². The second-order valence-corrected chi connectivity index (χ2v) is 4.89. The zero-order valence-corrected chi connectivity index (χ0v) is 11.7. The zero-order chi connectivity index (χ0) is 14.0. The number of rotatable bonds is 2. The second-order valence-electron chi connectivity index (χ2n) is 3.97. The molecule has 1 heterocycles. The second kappa shape index (κ2) is 5.36. The predicted molar refractivity (Wildman–Crippen MR) is 75.4 cm³/mol. The van der Waals surface area contributed by atoms with Crippen LogP contribution in [-0.4, -0.2) is 10.9 Å². The lowest BCUT2D eigenvalue weighted by Crippen LogP contribution is -2.16. The minimum atomic E-state index is -0.617. The highest BCUT2D eigenvalue weighted by molar-refractivity contribution is 9.10. The number of para-hydroxylation sites is 1. The molecule has 19 heavy (non-hydrogen) atoms. The van der Waals surface area contributed by atoms with Crippen molar-refractivity contribution in [1.82, 2.24) is 4.98 Å². The summed E-state index contributed by atoms with van der Waals surface area (Å²) in [5, 5.41) is 2.60. The highest BCUT2D eigenvalue weighted by Gasteiger charge is 2.14. The molecule has 0 radical (unpaired) electrons. The maximum absolute atomic E-state index is 13.3. The molecule has 2 aromatic rings. The third-order valence-corrected chi connectivity index (χ3v) is 3.01. The third-order valence-electron chi connectivity index (χ3n) is 2.57. The fourth-order valence-corrected chi connectivity index (χ4v) is 2.03. The Labute approximate surface area is 118 Å². The van der Waals surface area contributed by atoms with Crippen LogP contribution in [0.5, 0.6) is 0 Å². The summed E-state index contributed by atoms with van der Waals surface area (Å²) in [5.74, 6) is -0.695. The topological polar surface area (TPSA) is 68.0 Å². The van der Waals surface area contributed by atoms with Gasteiger partial charge in [0.15, 0.2) is 0 Å². The molecule has 0 atom stereocenters. The van der Waals surface area contributed by atoms with Crippen molar-refractivity contribution >= 4 is 33.3 Å². The third kappa shape index (κ3) is 2.90. The summed E-state index contributed by atoms with van der Waals surface area (Å²) in [7, 11) is 0. The number of aromatic nitrogens is 1. The number of nitrogens with two attached hydrogens (primary N) is 1. The van der Waals surface area contributed by atoms with Gasteiger partial charge in [-0.2, -0.15) is 0 Å². The average Bonchev–Trinajstić information content (AvgIpc) is 2.36. The molecule has 0 unspecified atom stereocenters. The van der Waals surface area contributed by atoms with Crippen molar-refractivity contribution in [1.29, 1.82) is 0 Å². The first kappa shape index (κ1) is 13.5. The maximum Gasteiger partial charge on any atom is 0.259 e. The van der Waals surface area contributed by atoms with Crippen LogP contribution in [0, 0.1) is 12.7 Å². The summed E-state index contributed by atoms with van der Waals surface area (Å²) in [6.45, 7) is 1.81. The minimum absolute atomic E-state index is 0.0871. The Kier molecular flexibility index (Phi) is 3.80. The number of carbonyl (C=O) groups excluding carboxylic acids is 1. The van der Waals surface area contributed by atoms with Crippen LogP contribution in [0.25, 0.3) is 0 Å². The monoisotopic (exact) mass is 323 g/mol. The van der Waals surface area contributed by atoms with Crippen molar-refractivity contribution in [2.24, 2.45) is 0 Å². The Morgan fingerprint density at radius 2 is 2.21 bits per heavy atom. The Bertz CT molecular complexity index is 646.